The molecule has 0 radical (unpaired) electrons. The molecule has 2 aromatic heterocycles. The van der Waals surface area contributed by atoms with Crippen LogP contribution in [0.3, 0.4) is 0 Å². The predicted octanol–water partition coefficient (Wildman–Crippen LogP) is 6.72. The summed E-state index contributed by atoms with van der Waals surface area (Å²) in [5, 5.41) is 0.515. The van der Waals surface area contributed by atoms with Crippen molar-refractivity contribution in [3.63, 3.8) is 0 Å². The zero-order valence-corrected chi connectivity index (χ0v) is 17.8. The van der Waals surface area contributed by atoms with Crippen LogP contribution in [0.2, 0.25) is 10.0 Å². The van der Waals surface area contributed by atoms with E-state index in [9.17, 15) is 9.59 Å². The molecule has 2 aromatic carbocycles. The molecule has 0 amide bonds. The summed E-state index contributed by atoms with van der Waals surface area (Å²) < 4.78 is 21.6. The smallest absolute Gasteiger partial charge is 0.379 e. The van der Waals surface area contributed by atoms with Crippen LogP contribution in [0, 0.1) is 0 Å². The van der Waals surface area contributed by atoms with E-state index < -0.39 is 11.9 Å². The number of ether oxygens (including phenoxy) is 2. The summed E-state index contributed by atoms with van der Waals surface area (Å²) >= 11 is 12.8. The number of esters is 2. The van der Waals surface area contributed by atoms with Crippen LogP contribution in [-0.2, 0) is 9.47 Å². The van der Waals surface area contributed by atoms with Crippen molar-refractivity contribution in [2.45, 2.75) is 0 Å². The number of hydrogen-bond acceptors (Lipinski definition) is 6. The molecule has 6 nitrogen and oxygen atoms in total. The second-order valence-corrected chi connectivity index (χ2v) is 7.17. The Kier molecular flexibility index (Phi) is 6.44. The molecule has 0 aliphatic heterocycles. The van der Waals surface area contributed by atoms with Crippen molar-refractivity contribution in [1.29, 1.82) is 0 Å². The third-order valence-electron chi connectivity index (χ3n) is 4.28. The van der Waals surface area contributed by atoms with Crippen molar-refractivity contribution in [3.05, 3.63) is 118 Å². The number of hydrogen-bond donors (Lipinski definition) is 0. The van der Waals surface area contributed by atoms with E-state index in [1.165, 1.54) is 24.7 Å². The maximum absolute atomic E-state index is 12.8. The Morgan fingerprint density at radius 2 is 1.00 bits per heavy atom. The fraction of sp³-hybridized carbons (Fsp3) is 0. The Labute approximate surface area is 192 Å². The Bertz CT molecular complexity index is 1170. The highest BCUT2D eigenvalue weighted by atomic mass is 35.5. The summed E-state index contributed by atoms with van der Waals surface area (Å²) in [6.45, 7) is 0. The molecule has 160 valence electrons. The van der Waals surface area contributed by atoms with Crippen LogP contribution in [0.1, 0.15) is 32.2 Å². The third-order valence-corrected chi connectivity index (χ3v) is 4.94. The Hall–Kier alpha value is -3.74. The first-order chi connectivity index (χ1) is 15.5. The van der Waals surface area contributed by atoms with E-state index in [0.29, 0.717) is 11.1 Å². The average Bonchev–Trinajstić information content (AvgIpc) is 3.52. The molecule has 0 aliphatic rings. The van der Waals surface area contributed by atoms with E-state index in [-0.39, 0.29) is 33.1 Å². The van der Waals surface area contributed by atoms with Gasteiger partial charge in [0.1, 0.15) is 0 Å². The Balaban J connectivity index is 1.91. The van der Waals surface area contributed by atoms with E-state index in [0.717, 1.165) is 0 Å². The van der Waals surface area contributed by atoms with Gasteiger partial charge in [-0.15, -0.1) is 0 Å². The van der Waals surface area contributed by atoms with Gasteiger partial charge in [0.05, 0.1) is 22.6 Å². The zero-order valence-electron chi connectivity index (χ0n) is 16.3. The van der Waals surface area contributed by atoms with Gasteiger partial charge in [0.15, 0.2) is 11.5 Å². The van der Waals surface area contributed by atoms with E-state index >= 15 is 0 Å². The van der Waals surface area contributed by atoms with Crippen molar-refractivity contribution < 1.29 is 27.9 Å². The van der Waals surface area contributed by atoms with E-state index in [1.54, 1.807) is 60.7 Å². The highest BCUT2D eigenvalue weighted by molar-refractivity contribution is 6.33. The van der Waals surface area contributed by atoms with Gasteiger partial charge in [-0.25, -0.2) is 9.59 Å². The van der Waals surface area contributed by atoms with Crippen molar-refractivity contribution in [2.24, 2.45) is 0 Å². The number of rotatable bonds is 6. The molecule has 2 heterocycles. The molecule has 32 heavy (non-hydrogen) atoms. The summed E-state index contributed by atoms with van der Waals surface area (Å²) in [4.78, 5) is 25.5. The first kappa shape index (κ1) is 21.5. The molecular weight excluding hydrogens is 455 g/mol. The first-order valence-corrected chi connectivity index (χ1v) is 10.1. The van der Waals surface area contributed by atoms with Crippen molar-refractivity contribution in [1.82, 2.24) is 0 Å². The minimum Gasteiger partial charge on any atom is -0.457 e. The lowest BCUT2D eigenvalue weighted by atomic mass is 10.1. The third kappa shape index (κ3) is 4.61. The molecule has 0 atom stereocenters. The fourth-order valence-corrected chi connectivity index (χ4v) is 3.26. The summed E-state index contributed by atoms with van der Waals surface area (Å²) in [6, 6.07) is 19.2. The second-order valence-electron chi connectivity index (χ2n) is 6.35. The van der Waals surface area contributed by atoms with Crippen LogP contribution < -0.4 is 0 Å². The molecule has 0 aliphatic carbocycles. The molecular formula is C24H14Cl2O6. The number of carbonyl (C=O) groups excluding carboxylic acids is 2. The fourth-order valence-electron chi connectivity index (χ4n) is 2.81. The minimum absolute atomic E-state index is 0.0505. The zero-order chi connectivity index (χ0) is 22.5. The lowest BCUT2D eigenvalue weighted by molar-refractivity contribution is 0.0613. The van der Waals surface area contributed by atoms with E-state index in [4.69, 9.17) is 41.5 Å². The molecule has 0 saturated heterocycles. The van der Waals surface area contributed by atoms with Crippen LogP contribution in [0.5, 0.6) is 0 Å². The number of halogens is 2. The lowest BCUT2D eigenvalue weighted by Crippen LogP contribution is -2.11. The van der Waals surface area contributed by atoms with Gasteiger partial charge in [0.25, 0.3) is 0 Å². The molecule has 8 heteroatoms. The van der Waals surface area contributed by atoms with Crippen molar-refractivity contribution in [2.75, 3.05) is 0 Å². The van der Waals surface area contributed by atoms with Gasteiger partial charge in [0, 0.05) is 11.1 Å². The van der Waals surface area contributed by atoms with Gasteiger partial charge >= 0.3 is 11.9 Å². The van der Waals surface area contributed by atoms with Crippen LogP contribution in [0.4, 0.5) is 0 Å². The highest BCUT2D eigenvalue weighted by Gasteiger charge is 2.26. The van der Waals surface area contributed by atoms with Crippen LogP contribution in [-0.4, -0.2) is 11.9 Å². The van der Waals surface area contributed by atoms with E-state index in [2.05, 4.69) is 0 Å². The molecule has 0 N–H and O–H groups in total. The molecule has 0 unspecified atom stereocenters. The van der Waals surface area contributed by atoms with Crippen LogP contribution in [0.15, 0.2) is 94.2 Å². The lowest BCUT2D eigenvalue weighted by Gasteiger charge is -2.17. The van der Waals surface area contributed by atoms with Gasteiger partial charge in [-0.2, -0.15) is 0 Å². The summed E-state index contributed by atoms with van der Waals surface area (Å²) in [5.41, 5.74) is 0.604. The number of carbonyl (C=O) groups is 2. The van der Waals surface area contributed by atoms with Crippen LogP contribution >= 0.6 is 23.2 Å². The summed E-state index contributed by atoms with van der Waals surface area (Å²) in [7, 11) is 0. The number of benzene rings is 2. The highest BCUT2D eigenvalue weighted by Crippen LogP contribution is 2.36. The largest absolute Gasteiger partial charge is 0.457 e. The topological polar surface area (TPSA) is 78.9 Å². The molecule has 0 saturated carbocycles. The van der Waals surface area contributed by atoms with Crippen molar-refractivity contribution >= 4 is 46.7 Å². The normalized spacial score (nSPS) is 11.6. The average molecular weight is 469 g/mol. The Morgan fingerprint density at radius 1 is 0.594 bits per heavy atom. The number of furan rings is 2. The molecule has 4 rings (SSSR count). The quantitative estimate of drug-likeness (QED) is 0.177. The van der Waals surface area contributed by atoms with Gasteiger partial charge in [-0.3, -0.25) is 0 Å². The maximum Gasteiger partial charge on any atom is 0.379 e. The van der Waals surface area contributed by atoms with Gasteiger partial charge in [0.2, 0.25) is 11.5 Å². The van der Waals surface area contributed by atoms with Gasteiger partial charge in [-0.05, 0) is 48.5 Å². The van der Waals surface area contributed by atoms with Gasteiger partial charge in [-0.1, -0.05) is 47.5 Å². The first-order valence-electron chi connectivity index (χ1n) is 9.30. The molecule has 0 fully saturated rings. The summed E-state index contributed by atoms with van der Waals surface area (Å²) in [5.74, 6) is -1.97. The standard InChI is InChI=1S/C24H14Cl2O6/c25-17-9-3-1-7-15(17)21(31-23(27)19-11-5-13-29-19)22(16-8-2-4-10-18(16)26)32-24(28)20-12-6-14-30-20/h1-14H/b22-21+. The van der Waals surface area contributed by atoms with E-state index in [1.807, 2.05) is 0 Å². The van der Waals surface area contributed by atoms with Crippen LogP contribution in [0.25, 0.3) is 11.5 Å². The second kappa shape index (κ2) is 9.60. The molecule has 0 spiro atoms. The molecule has 0 bridgehead atoms. The minimum atomic E-state index is -0.816. The Morgan fingerprint density at radius 3 is 1.34 bits per heavy atom. The molecule has 4 aromatic rings. The summed E-state index contributed by atoms with van der Waals surface area (Å²) in [6.07, 6.45) is 2.67. The van der Waals surface area contributed by atoms with Gasteiger partial charge < -0.3 is 18.3 Å². The predicted molar refractivity (Wildman–Crippen MR) is 118 cm³/mol. The van der Waals surface area contributed by atoms with Crippen molar-refractivity contribution in [3.8, 4) is 0 Å². The maximum atomic E-state index is 12.8. The monoisotopic (exact) mass is 468 g/mol. The SMILES string of the molecule is O=C(O/C(=C(/OC(=O)c1ccco1)c1ccccc1Cl)c1ccccc1Cl)c1ccco1.